The van der Waals surface area contributed by atoms with Crippen molar-refractivity contribution in [2.45, 2.75) is 19.8 Å². The fourth-order valence-electron chi connectivity index (χ4n) is 3.51. The summed E-state index contributed by atoms with van der Waals surface area (Å²) in [5, 5.41) is 14.9. The Labute approximate surface area is 222 Å². The molecule has 0 atom stereocenters. The van der Waals surface area contributed by atoms with E-state index < -0.39 is 24.4 Å². The molecule has 198 valence electrons. The van der Waals surface area contributed by atoms with Crippen LogP contribution >= 0.6 is 0 Å². The quantitative estimate of drug-likeness (QED) is 0.383. The topological polar surface area (TPSA) is 151 Å². The van der Waals surface area contributed by atoms with E-state index >= 15 is 0 Å². The van der Waals surface area contributed by atoms with Crippen LogP contribution in [0.5, 0.6) is 5.75 Å². The summed E-state index contributed by atoms with van der Waals surface area (Å²) in [6.07, 6.45) is 4.10. The van der Waals surface area contributed by atoms with Crippen molar-refractivity contribution in [3.05, 3.63) is 47.7 Å². The van der Waals surface area contributed by atoms with E-state index in [2.05, 4.69) is 30.8 Å². The minimum Gasteiger partial charge on any atom is -0.494 e. The number of amides is 3. The van der Waals surface area contributed by atoms with Gasteiger partial charge in [0.1, 0.15) is 5.82 Å². The number of nitrogens with zero attached hydrogens (tertiary/aromatic N) is 5. The Morgan fingerprint density at radius 2 is 1.89 bits per heavy atom. The van der Waals surface area contributed by atoms with Crippen LogP contribution in [0.2, 0.25) is 0 Å². The predicted molar refractivity (Wildman–Crippen MR) is 137 cm³/mol. The summed E-state index contributed by atoms with van der Waals surface area (Å²) in [5.41, 5.74) is -0.159. The molecule has 0 spiro atoms. The van der Waals surface area contributed by atoms with Crippen molar-refractivity contribution in [2.75, 3.05) is 38.3 Å². The van der Waals surface area contributed by atoms with Crippen LogP contribution in [0.4, 0.5) is 21.6 Å². The minimum atomic E-state index is -2.82. The molecule has 2 heterocycles. The third kappa shape index (κ3) is 5.66. The third-order valence-corrected chi connectivity index (χ3v) is 5.81. The zero-order valence-electron chi connectivity index (χ0n) is 23.8. The van der Waals surface area contributed by atoms with Gasteiger partial charge in [-0.15, -0.1) is 10.2 Å². The number of hydrogen-bond acceptors (Lipinski definition) is 9. The first-order valence-electron chi connectivity index (χ1n) is 13.1. The highest BCUT2D eigenvalue weighted by molar-refractivity contribution is 6.00. The third-order valence-electron chi connectivity index (χ3n) is 5.81. The molecule has 12 nitrogen and oxygen atoms in total. The highest BCUT2D eigenvalue weighted by Crippen LogP contribution is 2.38. The number of methoxy groups -OCH3 is 1. The van der Waals surface area contributed by atoms with E-state index in [-0.39, 0.29) is 57.6 Å². The van der Waals surface area contributed by atoms with Crippen LogP contribution < -0.4 is 20.7 Å². The van der Waals surface area contributed by atoms with Crippen LogP contribution in [-0.4, -0.2) is 70.5 Å². The van der Waals surface area contributed by atoms with Gasteiger partial charge in [0.25, 0.3) is 11.8 Å². The standard InChI is InChI=1S/C25H27FN8O4/c1-5-34(3)25(37)14-11-28-22(29-12-14)16-8-15(26)9-18(21(16)38-4)30-17-10-19(31-23(35)13-6-7-13)32-33-20(17)24(36)27-2/h8-13H,5-7H2,1-4H3,(H,27,36)(H2,30,31,32,35)/i2D3. The van der Waals surface area contributed by atoms with Gasteiger partial charge in [-0.2, -0.15) is 0 Å². The van der Waals surface area contributed by atoms with Gasteiger partial charge >= 0.3 is 0 Å². The van der Waals surface area contributed by atoms with Crippen LogP contribution in [-0.2, 0) is 4.79 Å². The molecule has 0 saturated heterocycles. The van der Waals surface area contributed by atoms with Gasteiger partial charge in [0, 0.05) is 55.1 Å². The maximum Gasteiger partial charge on any atom is 0.273 e. The molecule has 1 aromatic carbocycles. The van der Waals surface area contributed by atoms with Crippen molar-refractivity contribution in [1.29, 1.82) is 0 Å². The molecule has 4 rings (SSSR count). The molecule has 3 N–H and O–H groups in total. The van der Waals surface area contributed by atoms with Gasteiger partial charge in [0.15, 0.2) is 23.1 Å². The lowest BCUT2D eigenvalue weighted by Gasteiger charge is -2.17. The van der Waals surface area contributed by atoms with Gasteiger partial charge in [-0.25, -0.2) is 14.4 Å². The summed E-state index contributed by atoms with van der Waals surface area (Å²) in [7, 11) is 2.96. The highest BCUT2D eigenvalue weighted by Gasteiger charge is 2.30. The molecule has 38 heavy (non-hydrogen) atoms. The lowest BCUT2D eigenvalue weighted by atomic mass is 10.1. The van der Waals surface area contributed by atoms with E-state index in [0.29, 0.717) is 6.54 Å². The Morgan fingerprint density at radius 3 is 2.53 bits per heavy atom. The number of anilines is 3. The van der Waals surface area contributed by atoms with Crippen molar-refractivity contribution in [3.8, 4) is 17.1 Å². The average molecular weight is 526 g/mol. The van der Waals surface area contributed by atoms with Crippen LogP contribution in [0, 0.1) is 11.7 Å². The number of carbonyl (C=O) groups excluding carboxylic acids is 3. The summed E-state index contributed by atoms with van der Waals surface area (Å²) < 4.78 is 42.5. The summed E-state index contributed by atoms with van der Waals surface area (Å²) in [6, 6.07) is 3.48. The smallest absolute Gasteiger partial charge is 0.273 e. The Hall–Kier alpha value is -4.68. The number of hydrogen-bond donors (Lipinski definition) is 3. The lowest BCUT2D eigenvalue weighted by molar-refractivity contribution is -0.117. The molecule has 1 aliphatic rings. The Balaban J connectivity index is 1.73. The van der Waals surface area contributed by atoms with Crippen LogP contribution in [0.3, 0.4) is 0 Å². The van der Waals surface area contributed by atoms with Gasteiger partial charge in [-0.1, -0.05) is 0 Å². The molecule has 0 radical (unpaired) electrons. The summed E-state index contributed by atoms with van der Waals surface area (Å²) in [5.74, 6) is -2.42. The summed E-state index contributed by atoms with van der Waals surface area (Å²) in [4.78, 5) is 47.3. The molecule has 3 amide bonds. The molecular weight excluding hydrogens is 495 g/mol. The summed E-state index contributed by atoms with van der Waals surface area (Å²) >= 11 is 0. The number of carbonyl (C=O) groups is 3. The second-order valence-corrected chi connectivity index (χ2v) is 8.48. The van der Waals surface area contributed by atoms with Gasteiger partial charge in [-0.05, 0) is 25.8 Å². The second-order valence-electron chi connectivity index (χ2n) is 8.48. The Kier molecular flexibility index (Phi) is 6.61. The SMILES string of the molecule is [2H]C([2H])([2H])NC(=O)c1nnc(NC(=O)C2CC2)cc1Nc1cc(F)cc(-c2ncc(C(=O)N(C)CC)cn2)c1OC. The minimum absolute atomic E-state index is 0.00683. The fourth-order valence-corrected chi connectivity index (χ4v) is 3.51. The van der Waals surface area contributed by atoms with Gasteiger partial charge < -0.3 is 25.6 Å². The van der Waals surface area contributed by atoms with Gasteiger partial charge in [0.05, 0.1) is 29.6 Å². The molecule has 0 bridgehead atoms. The number of aromatic nitrogens is 4. The maximum atomic E-state index is 14.9. The normalized spacial score (nSPS) is 13.9. The van der Waals surface area contributed by atoms with Gasteiger partial charge in [0.2, 0.25) is 5.91 Å². The summed E-state index contributed by atoms with van der Waals surface area (Å²) in [6.45, 7) is -0.523. The molecule has 1 saturated carbocycles. The van der Waals surface area contributed by atoms with E-state index in [1.54, 1.807) is 7.05 Å². The molecule has 13 heteroatoms. The molecule has 2 aromatic heterocycles. The average Bonchev–Trinajstić information content (AvgIpc) is 3.77. The molecule has 0 unspecified atom stereocenters. The Bertz CT molecular complexity index is 1480. The van der Waals surface area contributed by atoms with E-state index in [0.717, 1.165) is 25.0 Å². The number of rotatable bonds is 9. The van der Waals surface area contributed by atoms with Gasteiger partial charge in [-0.3, -0.25) is 14.4 Å². The molecule has 0 aliphatic heterocycles. The van der Waals surface area contributed by atoms with E-state index in [4.69, 9.17) is 8.85 Å². The zero-order chi connectivity index (χ0) is 29.9. The number of ether oxygens (including phenoxy) is 1. The number of nitrogens with one attached hydrogen (secondary N) is 3. The number of benzene rings is 1. The molecule has 1 aliphatic carbocycles. The second kappa shape index (κ2) is 11.2. The van der Waals surface area contributed by atoms with Crippen molar-refractivity contribution >= 4 is 34.9 Å². The first-order valence-corrected chi connectivity index (χ1v) is 11.6. The van der Waals surface area contributed by atoms with Crippen molar-refractivity contribution < 1.29 is 27.6 Å². The first kappa shape index (κ1) is 22.5. The predicted octanol–water partition coefficient (Wildman–Crippen LogP) is 2.62. The van der Waals surface area contributed by atoms with E-state index in [9.17, 15) is 18.8 Å². The Morgan fingerprint density at radius 1 is 1.16 bits per heavy atom. The van der Waals surface area contributed by atoms with Crippen LogP contribution in [0.1, 0.15) is 44.7 Å². The monoisotopic (exact) mass is 525 g/mol. The van der Waals surface area contributed by atoms with E-state index in [1.807, 2.05) is 12.2 Å². The van der Waals surface area contributed by atoms with Crippen molar-refractivity contribution in [3.63, 3.8) is 0 Å². The fraction of sp³-hybridized carbons (Fsp3) is 0.320. The largest absolute Gasteiger partial charge is 0.494 e. The highest BCUT2D eigenvalue weighted by atomic mass is 19.1. The molecule has 3 aromatic rings. The maximum absolute atomic E-state index is 14.9. The lowest BCUT2D eigenvalue weighted by Crippen LogP contribution is -2.26. The number of halogens is 1. The van der Waals surface area contributed by atoms with Crippen molar-refractivity contribution in [2.24, 2.45) is 5.92 Å². The molecule has 1 fully saturated rings. The molecular formula is C25H27FN8O4. The van der Waals surface area contributed by atoms with E-state index in [1.165, 1.54) is 30.5 Å². The zero-order valence-corrected chi connectivity index (χ0v) is 20.8. The van der Waals surface area contributed by atoms with Crippen molar-refractivity contribution in [1.82, 2.24) is 30.4 Å². The van der Waals surface area contributed by atoms with Crippen LogP contribution in [0.15, 0.2) is 30.6 Å². The first-order chi connectivity index (χ1) is 19.4. The van der Waals surface area contributed by atoms with Crippen LogP contribution in [0.25, 0.3) is 11.4 Å².